The Balaban J connectivity index is 1.65. The van der Waals surface area contributed by atoms with Gasteiger partial charge in [-0.2, -0.15) is 0 Å². The minimum absolute atomic E-state index is 0.0255. The summed E-state index contributed by atoms with van der Waals surface area (Å²) in [7, 11) is 4.30. The van der Waals surface area contributed by atoms with Gasteiger partial charge in [0.05, 0.1) is 4.88 Å². The first-order valence-electron chi connectivity index (χ1n) is 8.68. The summed E-state index contributed by atoms with van der Waals surface area (Å²) in [5.41, 5.74) is 5.80. The lowest BCUT2D eigenvalue weighted by Gasteiger charge is -2.28. The molecule has 0 spiro atoms. The fraction of sp³-hybridized carbons (Fsp3) is 0.350. The van der Waals surface area contributed by atoms with Crippen molar-refractivity contribution in [2.45, 2.75) is 32.2 Å². The number of rotatable bonds is 3. The minimum Gasteiger partial charge on any atom is -0.358 e. The summed E-state index contributed by atoms with van der Waals surface area (Å²) in [6, 6.07) is 8.73. The molecule has 2 heterocycles. The number of hydrogen-bond acceptors (Lipinski definition) is 3. The Bertz CT molecular complexity index is 938. The number of anilines is 1. The molecule has 1 aromatic carbocycles. The molecule has 5 heteroatoms. The van der Waals surface area contributed by atoms with Crippen molar-refractivity contribution in [1.82, 2.24) is 9.88 Å². The standard InChI is InChI=1S/C20H23N3OS/c1-12-8-9-25-19(12)20(24)21-13-4-6-17-15(10-13)16-11-14(23(2)3)5-7-18(16)22-17/h4,6,8-10,14,22H,5,7,11H2,1-3H3,(H,21,24). The summed E-state index contributed by atoms with van der Waals surface area (Å²) in [6.45, 7) is 1.97. The molecular weight excluding hydrogens is 330 g/mol. The van der Waals surface area contributed by atoms with Gasteiger partial charge >= 0.3 is 0 Å². The Kier molecular flexibility index (Phi) is 4.13. The van der Waals surface area contributed by atoms with Gasteiger partial charge in [0.15, 0.2) is 0 Å². The Morgan fingerprint density at radius 3 is 2.88 bits per heavy atom. The molecule has 4 rings (SSSR count). The molecule has 0 bridgehead atoms. The Hall–Kier alpha value is -2.11. The molecule has 0 radical (unpaired) electrons. The second-order valence-corrected chi connectivity index (χ2v) is 8.01. The van der Waals surface area contributed by atoms with Crippen molar-refractivity contribution >= 4 is 33.8 Å². The lowest BCUT2D eigenvalue weighted by molar-refractivity contribution is 0.103. The molecule has 0 aliphatic heterocycles. The number of benzene rings is 1. The average Bonchev–Trinajstić information content (AvgIpc) is 3.17. The SMILES string of the molecule is Cc1ccsc1C(=O)Nc1ccc2[nH]c3c(c2c1)CC(N(C)C)CC3. The van der Waals surface area contributed by atoms with E-state index in [4.69, 9.17) is 0 Å². The molecule has 1 unspecified atom stereocenters. The fourth-order valence-corrected chi connectivity index (χ4v) is 4.53. The number of aromatic amines is 1. The monoisotopic (exact) mass is 353 g/mol. The van der Waals surface area contributed by atoms with Gasteiger partial charge in [-0.05, 0) is 81.1 Å². The van der Waals surface area contributed by atoms with Crippen LogP contribution in [0.4, 0.5) is 5.69 Å². The van der Waals surface area contributed by atoms with Gasteiger partial charge in [0, 0.05) is 28.3 Å². The van der Waals surface area contributed by atoms with Crippen LogP contribution in [0, 0.1) is 6.92 Å². The van der Waals surface area contributed by atoms with Crippen LogP contribution in [-0.2, 0) is 12.8 Å². The van der Waals surface area contributed by atoms with E-state index in [9.17, 15) is 4.79 Å². The van der Waals surface area contributed by atoms with E-state index in [1.54, 1.807) is 0 Å². The smallest absolute Gasteiger partial charge is 0.265 e. The van der Waals surface area contributed by atoms with Crippen molar-refractivity contribution in [3.63, 3.8) is 0 Å². The summed E-state index contributed by atoms with van der Waals surface area (Å²) in [5, 5.41) is 6.25. The number of carbonyl (C=O) groups is 1. The number of aromatic nitrogens is 1. The van der Waals surface area contributed by atoms with E-state index in [1.807, 2.05) is 24.4 Å². The second kappa shape index (κ2) is 6.32. The molecule has 3 aromatic rings. The zero-order valence-electron chi connectivity index (χ0n) is 14.8. The van der Waals surface area contributed by atoms with Gasteiger partial charge in [-0.1, -0.05) is 0 Å². The summed E-state index contributed by atoms with van der Waals surface area (Å²) in [6.07, 6.45) is 3.33. The predicted molar refractivity (Wildman–Crippen MR) is 105 cm³/mol. The third-order valence-corrected chi connectivity index (χ3v) is 6.23. The lowest BCUT2D eigenvalue weighted by atomic mass is 9.91. The van der Waals surface area contributed by atoms with Crippen LogP contribution in [0.1, 0.15) is 32.9 Å². The van der Waals surface area contributed by atoms with Crippen molar-refractivity contribution in [2.24, 2.45) is 0 Å². The summed E-state index contributed by atoms with van der Waals surface area (Å²) >= 11 is 1.48. The van der Waals surface area contributed by atoms with Gasteiger partial charge < -0.3 is 15.2 Å². The molecule has 4 nitrogen and oxygen atoms in total. The molecule has 1 amide bonds. The zero-order valence-corrected chi connectivity index (χ0v) is 15.7. The lowest BCUT2D eigenvalue weighted by Crippen LogP contribution is -2.33. The number of fused-ring (bicyclic) bond motifs is 3. The van der Waals surface area contributed by atoms with E-state index in [-0.39, 0.29) is 5.91 Å². The van der Waals surface area contributed by atoms with Crippen molar-refractivity contribution in [3.05, 3.63) is 51.3 Å². The number of amides is 1. The minimum atomic E-state index is -0.0255. The predicted octanol–water partition coefficient (Wildman–Crippen LogP) is 4.21. The first kappa shape index (κ1) is 16.4. The number of thiophene rings is 1. The van der Waals surface area contributed by atoms with Crippen LogP contribution in [0.5, 0.6) is 0 Å². The summed E-state index contributed by atoms with van der Waals surface area (Å²) in [4.78, 5) is 19.1. The highest BCUT2D eigenvalue weighted by Crippen LogP contribution is 2.32. The molecule has 2 N–H and O–H groups in total. The molecule has 1 aliphatic carbocycles. The van der Waals surface area contributed by atoms with Gasteiger partial charge in [0.25, 0.3) is 5.91 Å². The van der Waals surface area contributed by atoms with E-state index < -0.39 is 0 Å². The van der Waals surface area contributed by atoms with Crippen molar-refractivity contribution in [2.75, 3.05) is 19.4 Å². The first-order valence-corrected chi connectivity index (χ1v) is 9.56. The highest BCUT2D eigenvalue weighted by molar-refractivity contribution is 7.12. The number of nitrogens with zero attached hydrogens (tertiary/aromatic N) is 1. The Morgan fingerprint density at radius 1 is 1.32 bits per heavy atom. The number of hydrogen-bond donors (Lipinski definition) is 2. The van der Waals surface area contributed by atoms with E-state index in [2.05, 4.69) is 41.4 Å². The molecule has 0 saturated heterocycles. The van der Waals surface area contributed by atoms with Crippen LogP contribution < -0.4 is 5.32 Å². The van der Waals surface area contributed by atoms with Gasteiger partial charge in [0.1, 0.15) is 0 Å². The normalized spacial score (nSPS) is 17.0. The number of aryl methyl sites for hydroxylation is 2. The number of carbonyl (C=O) groups excluding carboxylic acids is 1. The van der Waals surface area contributed by atoms with Gasteiger partial charge in [-0.15, -0.1) is 11.3 Å². The largest absolute Gasteiger partial charge is 0.358 e. The van der Waals surface area contributed by atoms with Crippen LogP contribution in [0.25, 0.3) is 10.9 Å². The molecule has 1 atom stereocenters. The third kappa shape index (κ3) is 2.98. The van der Waals surface area contributed by atoms with Crippen molar-refractivity contribution in [3.8, 4) is 0 Å². The van der Waals surface area contributed by atoms with Crippen molar-refractivity contribution in [1.29, 1.82) is 0 Å². The fourth-order valence-electron chi connectivity index (χ4n) is 3.71. The van der Waals surface area contributed by atoms with Crippen LogP contribution in [-0.4, -0.2) is 35.9 Å². The summed E-state index contributed by atoms with van der Waals surface area (Å²) in [5.74, 6) is -0.0255. The van der Waals surface area contributed by atoms with Gasteiger partial charge in [0.2, 0.25) is 0 Å². The molecule has 130 valence electrons. The zero-order chi connectivity index (χ0) is 17.6. The average molecular weight is 353 g/mol. The van der Waals surface area contributed by atoms with E-state index in [1.165, 1.54) is 34.4 Å². The van der Waals surface area contributed by atoms with Gasteiger partial charge in [-0.25, -0.2) is 0 Å². The Morgan fingerprint density at radius 2 is 2.16 bits per heavy atom. The second-order valence-electron chi connectivity index (χ2n) is 7.09. The molecule has 25 heavy (non-hydrogen) atoms. The number of likely N-dealkylation sites (N-methyl/N-ethyl adjacent to an activating group) is 1. The van der Waals surface area contributed by atoms with E-state index in [0.29, 0.717) is 6.04 Å². The van der Waals surface area contributed by atoms with Crippen LogP contribution in [0.2, 0.25) is 0 Å². The maximum absolute atomic E-state index is 12.5. The maximum Gasteiger partial charge on any atom is 0.265 e. The molecule has 2 aromatic heterocycles. The number of H-pyrrole nitrogens is 1. The molecular formula is C20H23N3OS. The molecule has 1 aliphatic rings. The quantitative estimate of drug-likeness (QED) is 0.741. The maximum atomic E-state index is 12.5. The first-order chi connectivity index (χ1) is 12.0. The highest BCUT2D eigenvalue weighted by atomic mass is 32.1. The number of nitrogens with one attached hydrogen (secondary N) is 2. The highest BCUT2D eigenvalue weighted by Gasteiger charge is 2.24. The van der Waals surface area contributed by atoms with E-state index in [0.717, 1.165) is 34.5 Å². The van der Waals surface area contributed by atoms with Crippen molar-refractivity contribution < 1.29 is 4.79 Å². The van der Waals surface area contributed by atoms with Crippen LogP contribution in [0.15, 0.2) is 29.6 Å². The van der Waals surface area contributed by atoms with Gasteiger partial charge in [-0.3, -0.25) is 4.79 Å². The third-order valence-electron chi connectivity index (χ3n) is 5.22. The topological polar surface area (TPSA) is 48.1 Å². The summed E-state index contributed by atoms with van der Waals surface area (Å²) < 4.78 is 0. The Labute approximate surface area is 151 Å². The van der Waals surface area contributed by atoms with E-state index >= 15 is 0 Å². The molecule has 0 saturated carbocycles. The van der Waals surface area contributed by atoms with Crippen LogP contribution >= 0.6 is 11.3 Å². The van der Waals surface area contributed by atoms with Crippen LogP contribution in [0.3, 0.4) is 0 Å². The molecule has 0 fully saturated rings.